The predicted octanol–water partition coefficient (Wildman–Crippen LogP) is 5.52. The van der Waals surface area contributed by atoms with E-state index in [1.54, 1.807) is 0 Å². The zero-order valence-electron chi connectivity index (χ0n) is 16.2. The number of hydrogen-bond donors (Lipinski definition) is 0. The van der Waals surface area contributed by atoms with Crippen molar-refractivity contribution in [1.82, 2.24) is 0 Å². The molecule has 2 atom stereocenters. The molecule has 0 saturated heterocycles. The van der Waals surface area contributed by atoms with Crippen LogP contribution in [0.4, 0.5) is 0 Å². The summed E-state index contributed by atoms with van der Waals surface area (Å²) in [5.41, 5.74) is 0. The van der Waals surface area contributed by atoms with Crippen molar-refractivity contribution < 1.29 is 4.43 Å². The molecule has 1 fully saturated rings. The largest absolute Gasteiger partial charge is 0.404 e. The molecule has 140 valence electrons. The molecule has 3 rings (SSSR count). The number of benzene rings is 2. The van der Waals surface area contributed by atoms with Crippen LogP contribution in [0.2, 0.25) is 5.04 Å². The highest BCUT2D eigenvalue weighted by molar-refractivity contribution is 9.09. The van der Waals surface area contributed by atoms with Gasteiger partial charge in [0.2, 0.25) is 0 Å². The maximum Gasteiger partial charge on any atom is 0.261 e. The van der Waals surface area contributed by atoms with E-state index in [0.29, 0.717) is 12.0 Å². The monoisotopic (exact) mass is 430 g/mol. The first-order valence-corrected chi connectivity index (χ1v) is 12.9. The molecule has 0 amide bonds. The molecule has 26 heavy (non-hydrogen) atoms. The van der Waals surface area contributed by atoms with E-state index in [1.165, 1.54) is 36.1 Å². The van der Waals surface area contributed by atoms with Crippen molar-refractivity contribution in [2.75, 3.05) is 5.33 Å². The molecule has 1 saturated carbocycles. The minimum atomic E-state index is -2.42. The minimum absolute atomic E-state index is 0.0595. The Labute approximate surface area is 168 Å². The summed E-state index contributed by atoms with van der Waals surface area (Å²) in [7, 11) is -2.42. The molecule has 1 aliphatic rings. The molecular formula is C23H31BrOSi. The van der Waals surface area contributed by atoms with Crippen LogP contribution in [0.25, 0.3) is 0 Å². The normalized spacial score (nSPS) is 21.5. The highest BCUT2D eigenvalue weighted by Gasteiger charge is 2.52. The summed E-state index contributed by atoms with van der Waals surface area (Å²) in [6.45, 7) is 7.10. The number of halogens is 1. The van der Waals surface area contributed by atoms with E-state index in [2.05, 4.69) is 97.4 Å². The number of rotatable bonds is 5. The van der Waals surface area contributed by atoms with Crippen LogP contribution in [0, 0.1) is 5.92 Å². The molecule has 0 aromatic heterocycles. The van der Waals surface area contributed by atoms with Gasteiger partial charge in [-0.3, -0.25) is 0 Å². The highest BCUT2D eigenvalue weighted by Crippen LogP contribution is 2.40. The molecule has 0 spiro atoms. The van der Waals surface area contributed by atoms with E-state index in [9.17, 15) is 0 Å². The van der Waals surface area contributed by atoms with Gasteiger partial charge in [0.15, 0.2) is 0 Å². The summed E-state index contributed by atoms with van der Waals surface area (Å²) in [4.78, 5) is 0. The Morgan fingerprint density at radius 3 is 1.85 bits per heavy atom. The third kappa shape index (κ3) is 3.85. The molecule has 0 aliphatic heterocycles. The Kier molecular flexibility index (Phi) is 6.42. The van der Waals surface area contributed by atoms with Crippen LogP contribution < -0.4 is 10.4 Å². The quantitative estimate of drug-likeness (QED) is 0.448. The lowest BCUT2D eigenvalue weighted by Crippen LogP contribution is -2.68. The Morgan fingerprint density at radius 1 is 0.885 bits per heavy atom. The lowest BCUT2D eigenvalue weighted by molar-refractivity contribution is 0.0955. The highest BCUT2D eigenvalue weighted by atomic mass is 79.9. The van der Waals surface area contributed by atoms with Crippen molar-refractivity contribution in [3.05, 3.63) is 60.7 Å². The summed E-state index contributed by atoms with van der Waals surface area (Å²) in [5, 5.41) is 3.87. The first kappa shape index (κ1) is 19.8. The number of alkyl halides is 1. The molecule has 0 N–H and O–H groups in total. The fraction of sp³-hybridized carbons (Fsp3) is 0.478. The number of hydrogen-bond acceptors (Lipinski definition) is 1. The molecule has 2 unspecified atom stereocenters. The SMILES string of the molecule is CC(C)(C)[Si](OC1CCCCC1CBr)(c1ccccc1)c1ccccc1. The second-order valence-electron chi connectivity index (χ2n) is 8.52. The maximum atomic E-state index is 7.33. The predicted molar refractivity (Wildman–Crippen MR) is 118 cm³/mol. The van der Waals surface area contributed by atoms with Crippen molar-refractivity contribution >= 4 is 34.6 Å². The van der Waals surface area contributed by atoms with Crippen LogP contribution in [0.3, 0.4) is 0 Å². The van der Waals surface area contributed by atoms with Crippen molar-refractivity contribution in [3.8, 4) is 0 Å². The van der Waals surface area contributed by atoms with Gasteiger partial charge in [-0.2, -0.15) is 0 Å². The second-order valence-corrected chi connectivity index (χ2v) is 13.4. The summed E-state index contributed by atoms with van der Waals surface area (Å²) in [6.07, 6.45) is 5.41. The Bertz CT molecular complexity index is 641. The van der Waals surface area contributed by atoms with E-state index < -0.39 is 8.32 Å². The fourth-order valence-electron chi connectivity index (χ4n) is 4.42. The zero-order valence-corrected chi connectivity index (χ0v) is 18.8. The summed E-state index contributed by atoms with van der Waals surface area (Å²) >= 11 is 3.76. The van der Waals surface area contributed by atoms with Gasteiger partial charge in [0, 0.05) is 11.4 Å². The Balaban J connectivity index is 2.14. The Hall–Kier alpha value is -0.903. The molecule has 1 nitrogen and oxygen atoms in total. The molecule has 1 aliphatic carbocycles. The first-order valence-electron chi connectivity index (χ1n) is 9.84. The fourth-order valence-corrected chi connectivity index (χ4v) is 9.94. The molecular weight excluding hydrogens is 400 g/mol. The minimum Gasteiger partial charge on any atom is -0.404 e. The van der Waals surface area contributed by atoms with Gasteiger partial charge in [0.05, 0.1) is 0 Å². The van der Waals surface area contributed by atoms with Crippen molar-refractivity contribution in [1.29, 1.82) is 0 Å². The van der Waals surface area contributed by atoms with Crippen LogP contribution in [0.1, 0.15) is 46.5 Å². The third-order valence-corrected chi connectivity index (χ3v) is 11.7. The lowest BCUT2D eigenvalue weighted by Gasteiger charge is -2.47. The van der Waals surface area contributed by atoms with Gasteiger partial charge >= 0.3 is 0 Å². The van der Waals surface area contributed by atoms with Gasteiger partial charge in [-0.05, 0) is 34.2 Å². The molecule has 2 aromatic rings. The van der Waals surface area contributed by atoms with Gasteiger partial charge < -0.3 is 4.43 Å². The van der Waals surface area contributed by atoms with E-state index in [1.807, 2.05) is 0 Å². The summed E-state index contributed by atoms with van der Waals surface area (Å²) < 4.78 is 7.33. The standard InChI is InChI=1S/C23H31BrOSi/c1-23(2,3)26(20-13-6-4-7-14-20,21-15-8-5-9-16-21)25-22-17-11-10-12-19(22)18-24/h4-9,13-16,19,22H,10-12,17-18H2,1-3H3. The van der Waals surface area contributed by atoms with E-state index in [4.69, 9.17) is 4.43 Å². The zero-order chi connectivity index (χ0) is 18.6. The molecule has 0 bridgehead atoms. The van der Waals surface area contributed by atoms with Gasteiger partial charge in [0.1, 0.15) is 0 Å². The smallest absolute Gasteiger partial charge is 0.261 e. The Morgan fingerprint density at radius 2 is 1.38 bits per heavy atom. The van der Waals surface area contributed by atoms with Crippen LogP contribution in [-0.2, 0) is 4.43 Å². The van der Waals surface area contributed by atoms with E-state index in [-0.39, 0.29) is 5.04 Å². The second kappa shape index (κ2) is 8.41. The summed E-state index contributed by atoms with van der Waals surface area (Å²) in [6, 6.07) is 22.0. The van der Waals surface area contributed by atoms with Crippen molar-refractivity contribution in [2.45, 2.75) is 57.6 Å². The lowest BCUT2D eigenvalue weighted by atomic mass is 9.88. The van der Waals surface area contributed by atoms with E-state index >= 15 is 0 Å². The van der Waals surface area contributed by atoms with Crippen LogP contribution in [-0.4, -0.2) is 19.8 Å². The maximum absolute atomic E-state index is 7.33. The van der Waals surface area contributed by atoms with Gasteiger partial charge in [-0.15, -0.1) is 0 Å². The average molecular weight is 431 g/mol. The first-order chi connectivity index (χ1) is 12.5. The third-order valence-electron chi connectivity index (χ3n) is 5.78. The van der Waals surface area contributed by atoms with Crippen LogP contribution >= 0.6 is 15.9 Å². The van der Waals surface area contributed by atoms with Gasteiger partial charge in [-0.1, -0.05) is 110 Å². The van der Waals surface area contributed by atoms with Crippen LogP contribution in [0.15, 0.2) is 60.7 Å². The molecule has 3 heteroatoms. The topological polar surface area (TPSA) is 9.23 Å². The molecule has 0 radical (unpaired) electrons. The van der Waals surface area contributed by atoms with Gasteiger partial charge in [-0.25, -0.2) is 0 Å². The molecule has 0 heterocycles. The summed E-state index contributed by atoms with van der Waals surface area (Å²) in [5.74, 6) is 0.616. The van der Waals surface area contributed by atoms with Gasteiger partial charge in [0.25, 0.3) is 8.32 Å². The van der Waals surface area contributed by atoms with Crippen molar-refractivity contribution in [2.24, 2.45) is 5.92 Å². The average Bonchev–Trinajstić information content (AvgIpc) is 2.67. The molecule has 2 aromatic carbocycles. The van der Waals surface area contributed by atoms with Crippen molar-refractivity contribution in [3.63, 3.8) is 0 Å². The van der Waals surface area contributed by atoms with Crippen LogP contribution in [0.5, 0.6) is 0 Å². The van der Waals surface area contributed by atoms with E-state index in [0.717, 1.165) is 5.33 Å².